The molecular formula is C19H24Cl2FN3O2. The van der Waals surface area contributed by atoms with Crippen molar-refractivity contribution in [1.29, 1.82) is 0 Å². The number of likely N-dealkylation sites (tertiary alicyclic amines) is 1. The molecule has 0 spiro atoms. The van der Waals surface area contributed by atoms with Crippen LogP contribution in [0.1, 0.15) is 31.6 Å². The molecule has 2 aromatic rings. The van der Waals surface area contributed by atoms with Crippen LogP contribution in [-0.4, -0.2) is 41.0 Å². The van der Waals surface area contributed by atoms with Crippen molar-refractivity contribution >= 4 is 30.7 Å². The first-order valence-corrected chi connectivity index (χ1v) is 8.92. The van der Waals surface area contributed by atoms with Crippen LogP contribution in [0, 0.1) is 5.82 Å². The molecule has 8 heteroatoms. The fourth-order valence-corrected chi connectivity index (χ4v) is 3.75. The normalized spacial score (nSPS) is 21.1. The molecule has 148 valence electrons. The van der Waals surface area contributed by atoms with Gasteiger partial charge in [-0.25, -0.2) is 9.37 Å². The standard InChI is InChI=1S/C19H22FN3O2.2ClH/c20-16-4-2-1-3-15(16)17-11-21-18(25-17)7-8-19(24)23-10-9-13-5-6-14(12-23)22-13;;/h1-4,11,13-14,22H,5-10,12H2;2*1H. The molecule has 1 N–H and O–H groups in total. The number of hydrogen-bond acceptors (Lipinski definition) is 4. The Bertz CT molecular complexity index is 771. The topological polar surface area (TPSA) is 58.4 Å². The molecule has 0 radical (unpaired) electrons. The summed E-state index contributed by atoms with van der Waals surface area (Å²) in [5.74, 6) is 0.672. The maximum atomic E-state index is 13.8. The van der Waals surface area contributed by atoms with Crippen molar-refractivity contribution < 1.29 is 13.6 Å². The molecule has 5 nitrogen and oxygen atoms in total. The van der Waals surface area contributed by atoms with Crippen LogP contribution in [0.2, 0.25) is 0 Å². The fourth-order valence-electron chi connectivity index (χ4n) is 3.75. The second kappa shape index (κ2) is 9.53. The third kappa shape index (κ3) is 5.00. The van der Waals surface area contributed by atoms with E-state index in [1.54, 1.807) is 18.2 Å². The highest BCUT2D eigenvalue weighted by Crippen LogP contribution is 2.24. The van der Waals surface area contributed by atoms with Crippen LogP contribution >= 0.6 is 24.8 Å². The number of aryl methyl sites for hydroxylation is 1. The third-order valence-corrected chi connectivity index (χ3v) is 5.12. The minimum Gasteiger partial charge on any atom is -0.441 e. The predicted octanol–water partition coefficient (Wildman–Crippen LogP) is 3.61. The number of halogens is 3. The summed E-state index contributed by atoms with van der Waals surface area (Å²) in [7, 11) is 0. The first-order chi connectivity index (χ1) is 12.2. The van der Waals surface area contributed by atoms with Gasteiger partial charge in [-0.1, -0.05) is 12.1 Å². The predicted molar refractivity (Wildman–Crippen MR) is 106 cm³/mol. The molecule has 2 unspecified atom stereocenters. The Kier molecular flexibility index (Phi) is 7.65. The lowest BCUT2D eigenvalue weighted by Crippen LogP contribution is -2.39. The molecule has 0 saturated carbocycles. The average Bonchev–Trinajstić information content (AvgIpc) is 3.19. The lowest BCUT2D eigenvalue weighted by molar-refractivity contribution is -0.131. The smallest absolute Gasteiger partial charge is 0.223 e. The first kappa shape index (κ1) is 21.7. The van der Waals surface area contributed by atoms with Crippen molar-refractivity contribution in [2.45, 2.75) is 44.2 Å². The van der Waals surface area contributed by atoms with E-state index in [9.17, 15) is 9.18 Å². The quantitative estimate of drug-likeness (QED) is 0.828. The second-order valence-electron chi connectivity index (χ2n) is 6.86. The number of amides is 1. The Labute approximate surface area is 170 Å². The maximum absolute atomic E-state index is 13.8. The Morgan fingerprint density at radius 2 is 2.00 bits per heavy atom. The number of fused-ring (bicyclic) bond motifs is 2. The van der Waals surface area contributed by atoms with E-state index in [1.165, 1.54) is 18.7 Å². The molecule has 2 saturated heterocycles. The van der Waals surface area contributed by atoms with Crippen molar-refractivity contribution in [3.05, 3.63) is 42.2 Å². The van der Waals surface area contributed by atoms with Gasteiger partial charge in [0.05, 0.1) is 11.8 Å². The van der Waals surface area contributed by atoms with E-state index >= 15 is 0 Å². The van der Waals surface area contributed by atoms with Crippen LogP contribution in [0.15, 0.2) is 34.9 Å². The summed E-state index contributed by atoms with van der Waals surface area (Å²) in [4.78, 5) is 18.6. The number of nitrogens with zero attached hydrogens (tertiary/aromatic N) is 2. The summed E-state index contributed by atoms with van der Waals surface area (Å²) in [6.07, 6.45) is 5.73. The molecule has 1 aromatic carbocycles. The number of aromatic nitrogens is 1. The van der Waals surface area contributed by atoms with Crippen LogP contribution in [0.25, 0.3) is 11.3 Å². The van der Waals surface area contributed by atoms with Crippen molar-refractivity contribution in [3.63, 3.8) is 0 Å². The number of benzene rings is 1. The molecule has 2 bridgehead atoms. The molecule has 2 fully saturated rings. The minimum atomic E-state index is -0.339. The van der Waals surface area contributed by atoms with Gasteiger partial charge in [0.25, 0.3) is 0 Å². The number of nitrogens with one attached hydrogen (secondary N) is 1. The Morgan fingerprint density at radius 3 is 2.81 bits per heavy atom. The summed E-state index contributed by atoms with van der Waals surface area (Å²) >= 11 is 0. The van der Waals surface area contributed by atoms with E-state index in [0.717, 1.165) is 25.9 Å². The summed E-state index contributed by atoms with van der Waals surface area (Å²) < 4.78 is 19.4. The van der Waals surface area contributed by atoms with Crippen molar-refractivity contribution in [2.24, 2.45) is 0 Å². The third-order valence-electron chi connectivity index (χ3n) is 5.12. The Balaban J connectivity index is 0.00000131. The monoisotopic (exact) mass is 415 g/mol. The molecule has 3 heterocycles. The van der Waals surface area contributed by atoms with Gasteiger partial charge in [0.15, 0.2) is 11.7 Å². The number of hydrogen-bond donors (Lipinski definition) is 1. The molecule has 2 aliphatic heterocycles. The molecular weight excluding hydrogens is 392 g/mol. The van der Waals surface area contributed by atoms with Crippen LogP contribution < -0.4 is 5.32 Å². The highest BCUT2D eigenvalue weighted by molar-refractivity contribution is 5.85. The van der Waals surface area contributed by atoms with E-state index < -0.39 is 0 Å². The zero-order valence-corrected chi connectivity index (χ0v) is 16.5. The fraction of sp³-hybridized carbons (Fsp3) is 0.474. The van der Waals surface area contributed by atoms with Crippen LogP contribution in [0.5, 0.6) is 0 Å². The van der Waals surface area contributed by atoms with Gasteiger partial charge in [0.2, 0.25) is 5.91 Å². The van der Waals surface area contributed by atoms with E-state index in [2.05, 4.69) is 10.3 Å². The summed E-state index contributed by atoms with van der Waals surface area (Å²) in [5, 5.41) is 3.58. The van der Waals surface area contributed by atoms with E-state index in [4.69, 9.17) is 4.42 Å². The number of oxazole rings is 1. The van der Waals surface area contributed by atoms with E-state index in [0.29, 0.717) is 42.1 Å². The Morgan fingerprint density at radius 1 is 1.22 bits per heavy atom. The van der Waals surface area contributed by atoms with E-state index in [-0.39, 0.29) is 36.5 Å². The highest BCUT2D eigenvalue weighted by Gasteiger charge is 2.30. The largest absolute Gasteiger partial charge is 0.441 e. The molecule has 0 aliphatic carbocycles. The lowest BCUT2D eigenvalue weighted by atomic mass is 10.1. The zero-order valence-electron chi connectivity index (χ0n) is 14.9. The summed E-state index contributed by atoms with van der Waals surface area (Å²) in [6, 6.07) is 7.44. The van der Waals surface area contributed by atoms with Crippen molar-refractivity contribution in [2.75, 3.05) is 13.1 Å². The molecule has 1 amide bonds. The van der Waals surface area contributed by atoms with Crippen LogP contribution in [0.3, 0.4) is 0 Å². The van der Waals surface area contributed by atoms with Gasteiger partial charge in [0.1, 0.15) is 5.82 Å². The molecule has 4 rings (SSSR count). The highest BCUT2D eigenvalue weighted by atomic mass is 35.5. The first-order valence-electron chi connectivity index (χ1n) is 8.92. The van der Waals surface area contributed by atoms with Crippen LogP contribution in [0.4, 0.5) is 4.39 Å². The number of rotatable bonds is 4. The average molecular weight is 416 g/mol. The Hall–Kier alpha value is -1.63. The van der Waals surface area contributed by atoms with Gasteiger partial charge in [0, 0.05) is 38.0 Å². The zero-order chi connectivity index (χ0) is 17.2. The van der Waals surface area contributed by atoms with Crippen LogP contribution in [-0.2, 0) is 11.2 Å². The minimum absolute atomic E-state index is 0. The maximum Gasteiger partial charge on any atom is 0.223 e. The number of carbonyl (C=O) groups is 1. The second-order valence-corrected chi connectivity index (χ2v) is 6.86. The molecule has 1 aromatic heterocycles. The lowest BCUT2D eigenvalue weighted by Gasteiger charge is -2.24. The molecule has 27 heavy (non-hydrogen) atoms. The molecule has 2 atom stereocenters. The SMILES string of the molecule is Cl.Cl.O=C(CCc1ncc(-c2ccccc2F)o1)N1CCC2CCC(C1)N2. The number of carbonyl (C=O) groups excluding carboxylic acids is 1. The van der Waals surface area contributed by atoms with E-state index in [1.807, 2.05) is 4.90 Å². The summed E-state index contributed by atoms with van der Waals surface area (Å²) in [5.41, 5.74) is 0.391. The summed E-state index contributed by atoms with van der Waals surface area (Å²) in [6.45, 7) is 1.61. The van der Waals surface area contributed by atoms with Gasteiger partial charge in [-0.15, -0.1) is 24.8 Å². The molecule has 2 aliphatic rings. The van der Waals surface area contributed by atoms with Gasteiger partial charge < -0.3 is 14.6 Å². The van der Waals surface area contributed by atoms with Gasteiger partial charge >= 0.3 is 0 Å². The van der Waals surface area contributed by atoms with Crippen molar-refractivity contribution in [1.82, 2.24) is 15.2 Å². The van der Waals surface area contributed by atoms with Gasteiger partial charge in [-0.3, -0.25) is 4.79 Å². The van der Waals surface area contributed by atoms with Crippen molar-refractivity contribution in [3.8, 4) is 11.3 Å². The van der Waals surface area contributed by atoms with Gasteiger partial charge in [-0.2, -0.15) is 0 Å². The van der Waals surface area contributed by atoms with Gasteiger partial charge in [-0.05, 0) is 31.4 Å².